The summed E-state index contributed by atoms with van der Waals surface area (Å²) < 4.78 is 13.8. The SMILES string of the molecule is CC(c1ccccc1F)N(C)c1cc(C#N)cc(Cl)n1. The second-order valence-electron chi connectivity index (χ2n) is 4.46. The molecule has 0 N–H and O–H groups in total. The van der Waals surface area contributed by atoms with Gasteiger partial charge in [0.15, 0.2) is 0 Å². The molecule has 0 spiro atoms. The van der Waals surface area contributed by atoms with Gasteiger partial charge in [0.25, 0.3) is 0 Å². The number of pyridine rings is 1. The summed E-state index contributed by atoms with van der Waals surface area (Å²) in [6.07, 6.45) is 0. The van der Waals surface area contributed by atoms with E-state index < -0.39 is 0 Å². The van der Waals surface area contributed by atoms with Crippen molar-refractivity contribution in [3.8, 4) is 6.07 Å². The fraction of sp³-hybridized carbons (Fsp3) is 0.200. The maximum Gasteiger partial charge on any atom is 0.132 e. The minimum absolute atomic E-state index is 0.228. The molecule has 1 unspecified atom stereocenters. The van der Waals surface area contributed by atoms with E-state index >= 15 is 0 Å². The van der Waals surface area contributed by atoms with Crippen LogP contribution < -0.4 is 4.90 Å². The van der Waals surface area contributed by atoms with Crippen molar-refractivity contribution in [2.75, 3.05) is 11.9 Å². The van der Waals surface area contributed by atoms with Gasteiger partial charge in [0.2, 0.25) is 0 Å². The molecule has 0 saturated heterocycles. The molecule has 0 amide bonds. The zero-order valence-corrected chi connectivity index (χ0v) is 11.9. The second-order valence-corrected chi connectivity index (χ2v) is 4.84. The number of rotatable bonds is 3. The van der Waals surface area contributed by atoms with Gasteiger partial charge >= 0.3 is 0 Å². The third-order valence-corrected chi connectivity index (χ3v) is 3.40. The number of aromatic nitrogens is 1. The maximum absolute atomic E-state index is 13.8. The van der Waals surface area contributed by atoms with Gasteiger partial charge in [-0.1, -0.05) is 29.8 Å². The molecule has 0 aliphatic heterocycles. The average molecular weight is 290 g/mol. The van der Waals surface area contributed by atoms with Crippen molar-refractivity contribution in [3.05, 3.63) is 58.5 Å². The van der Waals surface area contributed by atoms with Gasteiger partial charge in [-0.2, -0.15) is 5.26 Å². The van der Waals surface area contributed by atoms with Crippen molar-refractivity contribution in [1.82, 2.24) is 4.98 Å². The monoisotopic (exact) mass is 289 g/mol. The molecular formula is C15H13ClFN3. The topological polar surface area (TPSA) is 39.9 Å². The third kappa shape index (κ3) is 2.89. The second kappa shape index (κ2) is 5.89. The van der Waals surface area contributed by atoms with Crippen LogP contribution in [0.4, 0.5) is 10.2 Å². The Kier molecular flexibility index (Phi) is 4.21. The van der Waals surface area contributed by atoms with Crippen LogP contribution in [0.25, 0.3) is 0 Å². The first kappa shape index (κ1) is 14.3. The van der Waals surface area contributed by atoms with Crippen molar-refractivity contribution in [2.24, 2.45) is 0 Å². The van der Waals surface area contributed by atoms with Crippen molar-refractivity contribution < 1.29 is 4.39 Å². The Morgan fingerprint density at radius 2 is 2.05 bits per heavy atom. The third-order valence-electron chi connectivity index (χ3n) is 3.21. The minimum atomic E-state index is -0.269. The lowest BCUT2D eigenvalue weighted by Gasteiger charge is -2.26. The molecule has 0 aliphatic rings. The predicted molar refractivity (Wildman–Crippen MR) is 77.2 cm³/mol. The summed E-state index contributed by atoms with van der Waals surface area (Å²) >= 11 is 5.89. The maximum atomic E-state index is 13.8. The molecule has 0 radical (unpaired) electrons. The Labute approximate surface area is 122 Å². The van der Waals surface area contributed by atoms with Crippen molar-refractivity contribution in [1.29, 1.82) is 5.26 Å². The van der Waals surface area contributed by atoms with Crippen LogP contribution >= 0.6 is 11.6 Å². The van der Waals surface area contributed by atoms with E-state index in [9.17, 15) is 4.39 Å². The van der Waals surface area contributed by atoms with Crippen LogP contribution in [-0.2, 0) is 0 Å². The Balaban J connectivity index is 2.36. The van der Waals surface area contributed by atoms with Gasteiger partial charge in [0.1, 0.15) is 16.8 Å². The highest BCUT2D eigenvalue weighted by atomic mass is 35.5. The quantitative estimate of drug-likeness (QED) is 0.804. The van der Waals surface area contributed by atoms with Gasteiger partial charge < -0.3 is 4.90 Å². The summed E-state index contributed by atoms with van der Waals surface area (Å²) in [6, 6.07) is 11.5. The Morgan fingerprint density at radius 1 is 1.35 bits per heavy atom. The number of halogens is 2. The first-order valence-corrected chi connectivity index (χ1v) is 6.45. The summed E-state index contributed by atoms with van der Waals surface area (Å²) in [5.74, 6) is 0.263. The molecule has 5 heteroatoms. The van der Waals surface area contributed by atoms with Crippen molar-refractivity contribution in [3.63, 3.8) is 0 Å². The molecule has 0 fully saturated rings. The van der Waals surface area contributed by atoms with Crippen LogP contribution in [-0.4, -0.2) is 12.0 Å². The summed E-state index contributed by atoms with van der Waals surface area (Å²) in [4.78, 5) is 5.96. The van der Waals surface area contributed by atoms with E-state index in [2.05, 4.69) is 4.98 Å². The number of nitriles is 1. The summed E-state index contributed by atoms with van der Waals surface area (Å²) in [7, 11) is 1.79. The van der Waals surface area contributed by atoms with Gasteiger partial charge in [0, 0.05) is 12.6 Å². The average Bonchev–Trinajstić information content (AvgIpc) is 2.45. The highest BCUT2D eigenvalue weighted by Crippen LogP contribution is 2.27. The number of hydrogen-bond acceptors (Lipinski definition) is 3. The zero-order chi connectivity index (χ0) is 14.7. The molecule has 2 rings (SSSR count). The Hall–Kier alpha value is -2.12. The summed E-state index contributed by atoms with van der Waals surface area (Å²) in [6.45, 7) is 1.87. The van der Waals surface area contributed by atoms with Gasteiger partial charge in [-0.05, 0) is 25.1 Å². The molecule has 2 aromatic rings. The normalized spacial score (nSPS) is 11.8. The lowest BCUT2D eigenvalue weighted by atomic mass is 10.1. The summed E-state index contributed by atoms with van der Waals surface area (Å²) in [5, 5.41) is 9.20. The van der Waals surface area contributed by atoms with Crippen molar-refractivity contribution >= 4 is 17.4 Å². The fourth-order valence-corrected chi connectivity index (χ4v) is 2.15. The highest BCUT2D eigenvalue weighted by molar-refractivity contribution is 6.29. The molecule has 0 aliphatic carbocycles. The molecule has 20 heavy (non-hydrogen) atoms. The molecule has 0 bridgehead atoms. The van der Waals surface area contributed by atoms with E-state index in [0.717, 1.165) is 0 Å². The van der Waals surface area contributed by atoms with E-state index in [0.29, 0.717) is 16.9 Å². The molecule has 3 nitrogen and oxygen atoms in total. The van der Waals surface area contributed by atoms with Crippen molar-refractivity contribution in [2.45, 2.75) is 13.0 Å². The largest absolute Gasteiger partial charge is 0.353 e. The van der Waals surface area contributed by atoms with Crippen LogP contribution in [0.5, 0.6) is 0 Å². The van der Waals surface area contributed by atoms with Crippen LogP contribution in [0, 0.1) is 17.1 Å². The van der Waals surface area contributed by atoms with Gasteiger partial charge in [-0.3, -0.25) is 0 Å². The zero-order valence-electron chi connectivity index (χ0n) is 11.1. The predicted octanol–water partition coefficient (Wildman–Crippen LogP) is 3.94. The minimum Gasteiger partial charge on any atom is -0.353 e. The molecule has 1 heterocycles. The van der Waals surface area contributed by atoms with Gasteiger partial charge in [-0.25, -0.2) is 9.37 Å². The van der Waals surface area contributed by atoms with E-state index in [1.165, 1.54) is 12.1 Å². The first-order chi connectivity index (χ1) is 9.52. The van der Waals surface area contributed by atoms with Crippen LogP contribution in [0.1, 0.15) is 24.1 Å². The molecule has 1 atom stereocenters. The molecule has 1 aromatic heterocycles. The van der Waals surface area contributed by atoms with E-state index in [4.69, 9.17) is 16.9 Å². The first-order valence-electron chi connectivity index (χ1n) is 6.08. The summed E-state index contributed by atoms with van der Waals surface area (Å²) in [5.41, 5.74) is 0.989. The number of hydrogen-bond donors (Lipinski definition) is 0. The van der Waals surface area contributed by atoms with E-state index in [1.54, 1.807) is 36.2 Å². The van der Waals surface area contributed by atoms with Gasteiger partial charge in [-0.15, -0.1) is 0 Å². The molecular weight excluding hydrogens is 277 g/mol. The Morgan fingerprint density at radius 3 is 2.70 bits per heavy atom. The Bertz CT molecular complexity index is 666. The molecule has 0 saturated carbocycles. The molecule has 102 valence electrons. The lowest BCUT2D eigenvalue weighted by molar-refractivity contribution is 0.584. The molecule has 1 aromatic carbocycles. The fourth-order valence-electron chi connectivity index (χ4n) is 1.95. The van der Waals surface area contributed by atoms with E-state index in [-0.39, 0.29) is 17.0 Å². The lowest BCUT2D eigenvalue weighted by Crippen LogP contribution is -2.23. The standard InChI is InChI=1S/C15H13ClFN3/c1-10(12-5-3-4-6-13(12)17)20(2)15-8-11(9-18)7-14(16)19-15/h3-8,10H,1-2H3. The van der Waals surface area contributed by atoms with Crippen LogP contribution in [0.2, 0.25) is 5.15 Å². The number of benzene rings is 1. The smallest absolute Gasteiger partial charge is 0.132 e. The van der Waals surface area contributed by atoms with Crippen LogP contribution in [0.15, 0.2) is 36.4 Å². The van der Waals surface area contributed by atoms with E-state index in [1.807, 2.05) is 13.0 Å². The highest BCUT2D eigenvalue weighted by Gasteiger charge is 2.17. The van der Waals surface area contributed by atoms with Crippen LogP contribution in [0.3, 0.4) is 0 Å². The number of anilines is 1. The number of nitrogens with zero attached hydrogens (tertiary/aromatic N) is 3. The van der Waals surface area contributed by atoms with Gasteiger partial charge in [0.05, 0.1) is 17.7 Å².